The molecular weight excluding hydrogens is 335 g/mol. The lowest BCUT2D eigenvalue weighted by atomic mass is 9.93. The van der Waals surface area contributed by atoms with E-state index in [4.69, 9.17) is 4.74 Å². The third kappa shape index (κ3) is 3.00. The van der Waals surface area contributed by atoms with Crippen LogP contribution in [-0.4, -0.2) is 46.2 Å². The molecule has 6 nitrogen and oxygen atoms in total. The Kier molecular flexibility index (Phi) is 4.28. The lowest BCUT2D eigenvalue weighted by Crippen LogP contribution is -2.39. The summed E-state index contributed by atoms with van der Waals surface area (Å²) < 4.78 is 18.8. The maximum Gasteiger partial charge on any atom is 0.253 e. The van der Waals surface area contributed by atoms with Gasteiger partial charge in [-0.3, -0.25) is 9.89 Å². The van der Waals surface area contributed by atoms with Gasteiger partial charge in [0.05, 0.1) is 13.3 Å². The minimum Gasteiger partial charge on any atom is -0.494 e. The van der Waals surface area contributed by atoms with Gasteiger partial charge in [-0.25, -0.2) is 9.37 Å². The average Bonchev–Trinajstić information content (AvgIpc) is 3.15. The number of H-pyrrole nitrogens is 1. The first-order chi connectivity index (χ1) is 12.7. The molecule has 0 bridgehead atoms. The first-order valence-corrected chi connectivity index (χ1v) is 8.58. The molecular formula is C19H19FN4O2. The highest BCUT2D eigenvalue weighted by Gasteiger charge is 2.27. The van der Waals surface area contributed by atoms with Crippen molar-refractivity contribution in [2.24, 2.45) is 0 Å². The zero-order valence-corrected chi connectivity index (χ0v) is 14.4. The molecule has 0 aliphatic carbocycles. The minimum absolute atomic E-state index is 0.134. The molecule has 26 heavy (non-hydrogen) atoms. The highest BCUT2D eigenvalue weighted by atomic mass is 19.1. The van der Waals surface area contributed by atoms with Gasteiger partial charge in [0.15, 0.2) is 17.2 Å². The van der Waals surface area contributed by atoms with Crippen LogP contribution in [0.2, 0.25) is 0 Å². The molecule has 3 heterocycles. The highest BCUT2D eigenvalue weighted by molar-refractivity contribution is 5.94. The van der Waals surface area contributed by atoms with Gasteiger partial charge in [0.1, 0.15) is 0 Å². The number of benzene rings is 1. The summed E-state index contributed by atoms with van der Waals surface area (Å²) in [5.41, 5.74) is 2.03. The lowest BCUT2D eigenvalue weighted by molar-refractivity contribution is 0.0705. The Hall–Kier alpha value is -2.96. The van der Waals surface area contributed by atoms with Crippen molar-refractivity contribution in [2.45, 2.75) is 18.8 Å². The SMILES string of the molecule is COc1ccc(C(=O)N2CCC[C@@H](c3ccc4cn[nH]c4n3)C2)cc1F. The van der Waals surface area contributed by atoms with Crippen molar-refractivity contribution in [3.8, 4) is 5.75 Å². The number of rotatable bonds is 3. The van der Waals surface area contributed by atoms with E-state index in [0.29, 0.717) is 18.7 Å². The fraction of sp³-hybridized carbons (Fsp3) is 0.316. The molecule has 0 saturated carbocycles. The number of carbonyl (C=O) groups excluding carboxylic acids is 1. The van der Waals surface area contributed by atoms with E-state index < -0.39 is 5.82 Å². The molecule has 1 saturated heterocycles. The Balaban J connectivity index is 1.54. The Labute approximate surface area is 150 Å². The van der Waals surface area contributed by atoms with E-state index in [1.165, 1.54) is 19.2 Å². The fourth-order valence-corrected chi connectivity index (χ4v) is 3.45. The van der Waals surface area contributed by atoms with Crippen LogP contribution in [0.1, 0.15) is 34.8 Å². The second kappa shape index (κ2) is 6.74. The summed E-state index contributed by atoms with van der Waals surface area (Å²) >= 11 is 0. The van der Waals surface area contributed by atoms with Gasteiger partial charge in [0, 0.05) is 35.7 Å². The Morgan fingerprint density at radius 1 is 1.35 bits per heavy atom. The largest absolute Gasteiger partial charge is 0.494 e. The molecule has 1 atom stereocenters. The molecule has 7 heteroatoms. The van der Waals surface area contributed by atoms with Crippen LogP contribution in [0.15, 0.2) is 36.5 Å². The zero-order chi connectivity index (χ0) is 18.1. The molecule has 1 aliphatic rings. The molecule has 1 aromatic carbocycles. The molecule has 0 unspecified atom stereocenters. The van der Waals surface area contributed by atoms with Crippen molar-refractivity contribution >= 4 is 16.9 Å². The molecule has 1 amide bonds. The van der Waals surface area contributed by atoms with Crippen LogP contribution >= 0.6 is 0 Å². The summed E-state index contributed by atoms with van der Waals surface area (Å²) in [6, 6.07) is 8.30. The predicted molar refractivity (Wildman–Crippen MR) is 94.7 cm³/mol. The van der Waals surface area contributed by atoms with E-state index in [-0.39, 0.29) is 17.6 Å². The Morgan fingerprint density at radius 3 is 3.04 bits per heavy atom. The topological polar surface area (TPSA) is 71.1 Å². The molecule has 0 spiro atoms. The number of ether oxygens (including phenoxy) is 1. The number of carbonyl (C=O) groups is 1. The van der Waals surface area contributed by atoms with E-state index in [2.05, 4.69) is 15.2 Å². The molecule has 1 N–H and O–H groups in total. The number of hydrogen-bond donors (Lipinski definition) is 1. The van der Waals surface area contributed by atoms with E-state index in [0.717, 1.165) is 29.6 Å². The first-order valence-electron chi connectivity index (χ1n) is 8.58. The number of likely N-dealkylation sites (tertiary alicyclic amines) is 1. The Bertz CT molecular complexity index is 956. The van der Waals surface area contributed by atoms with Crippen molar-refractivity contribution in [2.75, 3.05) is 20.2 Å². The monoisotopic (exact) mass is 354 g/mol. The summed E-state index contributed by atoms with van der Waals surface area (Å²) in [5.74, 6) is -0.407. The maximum absolute atomic E-state index is 13.9. The summed E-state index contributed by atoms with van der Waals surface area (Å²) in [4.78, 5) is 19.2. The third-order valence-corrected chi connectivity index (χ3v) is 4.85. The number of fused-ring (bicyclic) bond motifs is 1. The van der Waals surface area contributed by atoms with Crippen LogP contribution in [0, 0.1) is 5.82 Å². The minimum atomic E-state index is -0.529. The molecule has 2 aromatic heterocycles. The van der Waals surface area contributed by atoms with Crippen LogP contribution in [0.3, 0.4) is 0 Å². The van der Waals surface area contributed by atoms with Gasteiger partial charge >= 0.3 is 0 Å². The van der Waals surface area contributed by atoms with Crippen LogP contribution in [0.25, 0.3) is 11.0 Å². The van der Waals surface area contributed by atoms with Gasteiger partial charge in [-0.05, 0) is 43.2 Å². The van der Waals surface area contributed by atoms with Gasteiger partial charge in [0.25, 0.3) is 5.91 Å². The highest BCUT2D eigenvalue weighted by Crippen LogP contribution is 2.28. The number of methoxy groups -OCH3 is 1. The van der Waals surface area contributed by atoms with E-state index in [9.17, 15) is 9.18 Å². The predicted octanol–water partition coefficient (Wildman–Crippen LogP) is 3.13. The van der Waals surface area contributed by atoms with Gasteiger partial charge in [0.2, 0.25) is 0 Å². The lowest BCUT2D eigenvalue weighted by Gasteiger charge is -2.32. The molecule has 4 rings (SSSR count). The number of piperidine rings is 1. The standard InChI is InChI=1S/C19H19FN4O2/c1-26-17-7-5-12(9-15(17)20)19(25)24-8-2-3-14(11-24)16-6-4-13-10-21-23-18(13)22-16/h4-7,9-10,14H,2-3,8,11H2,1H3,(H,21,22,23)/t14-/m1/s1. The summed E-state index contributed by atoms with van der Waals surface area (Å²) in [5, 5.41) is 7.84. The molecule has 1 aliphatic heterocycles. The molecule has 3 aromatic rings. The average molecular weight is 354 g/mol. The van der Waals surface area contributed by atoms with E-state index in [1.54, 1.807) is 17.2 Å². The number of pyridine rings is 1. The molecule has 0 radical (unpaired) electrons. The van der Waals surface area contributed by atoms with Gasteiger partial charge in [-0.1, -0.05) is 0 Å². The van der Waals surface area contributed by atoms with Crippen molar-refractivity contribution in [3.05, 3.63) is 53.6 Å². The number of amides is 1. The smallest absolute Gasteiger partial charge is 0.253 e. The van der Waals surface area contributed by atoms with Gasteiger partial charge in [-0.2, -0.15) is 5.10 Å². The van der Waals surface area contributed by atoms with Crippen molar-refractivity contribution < 1.29 is 13.9 Å². The first kappa shape index (κ1) is 16.5. The quantitative estimate of drug-likeness (QED) is 0.784. The van der Waals surface area contributed by atoms with Gasteiger partial charge < -0.3 is 9.64 Å². The number of hydrogen-bond acceptors (Lipinski definition) is 4. The zero-order valence-electron chi connectivity index (χ0n) is 14.4. The number of aromatic nitrogens is 3. The van der Waals surface area contributed by atoms with Gasteiger partial charge in [-0.15, -0.1) is 0 Å². The van der Waals surface area contributed by atoms with Crippen molar-refractivity contribution in [1.29, 1.82) is 0 Å². The van der Waals surface area contributed by atoms with Crippen LogP contribution in [0.5, 0.6) is 5.75 Å². The second-order valence-electron chi connectivity index (χ2n) is 6.48. The summed E-state index contributed by atoms with van der Waals surface area (Å²) in [6.07, 6.45) is 3.59. The number of nitrogens with one attached hydrogen (secondary N) is 1. The second-order valence-corrected chi connectivity index (χ2v) is 6.48. The van der Waals surface area contributed by atoms with Crippen molar-refractivity contribution in [3.63, 3.8) is 0 Å². The molecule has 1 fully saturated rings. The third-order valence-electron chi connectivity index (χ3n) is 4.85. The number of aromatic amines is 1. The Morgan fingerprint density at radius 2 is 2.23 bits per heavy atom. The summed E-state index contributed by atoms with van der Waals surface area (Å²) in [7, 11) is 1.40. The molecule has 134 valence electrons. The normalized spacial score (nSPS) is 17.5. The number of halogens is 1. The van der Waals surface area contributed by atoms with Crippen LogP contribution in [-0.2, 0) is 0 Å². The number of nitrogens with zero attached hydrogens (tertiary/aromatic N) is 3. The van der Waals surface area contributed by atoms with Crippen LogP contribution < -0.4 is 4.74 Å². The van der Waals surface area contributed by atoms with E-state index >= 15 is 0 Å². The fourth-order valence-electron chi connectivity index (χ4n) is 3.45. The maximum atomic E-state index is 13.9. The van der Waals surface area contributed by atoms with Crippen LogP contribution in [0.4, 0.5) is 4.39 Å². The summed E-state index contributed by atoms with van der Waals surface area (Å²) in [6.45, 7) is 1.23. The van der Waals surface area contributed by atoms with E-state index in [1.807, 2.05) is 12.1 Å². The van der Waals surface area contributed by atoms with Crippen molar-refractivity contribution in [1.82, 2.24) is 20.1 Å².